The van der Waals surface area contributed by atoms with Crippen molar-refractivity contribution in [1.82, 2.24) is 9.55 Å². The Labute approximate surface area is 102 Å². The smallest absolute Gasteiger partial charge is 0.139 e. The average molecular weight is 229 g/mol. The van der Waals surface area contributed by atoms with Crippen LogP contribution in [0, 0.1) is 13.8 Å². The number of aryl methyl sites for hydroxylation is 2. The molecule has 0 aliphatic heterocycles. The molecule has 0 aliphatic carbocycles. The Morgan fingerprint density at radius 3 is 2.65 bits per heavy atom. The minimum Gasteiger partial charge on any atom is -0.331 e. The van der Waals surface area contributed by atoms with Crippen LogP contribution in [-0.4, -0.2) is 16.1 Å². The Bertz CT molecular complexity index is 526. The zero-order valence-corrected chi connectivity index (χ0v) is 10.7. The highest BCUT2D eigenvalue weighted by Crippen LogP contribution is 2.21. The van der Waals surface area contributed by atoms with Crippen molar-refractivity contribution in [3.63, 3.8) is 0 Å². The van der Waals surface area contributed by atoms with Gasteiger partial charge in [0.25, 0.3) is 0 Å². The van der Waals surface area contributed by atoms with Crippen LogP contribution in [0.2, 0.25) is 0 Å². The van der Waals surface area contributed by atoms with Crippen LogP contribution in [0.1, 0.15) is 16.8 Å². The van der Waals surface area contributed by atoms with E-state index in [1.165, 1.54) is 22.4 Å². The summed E-state index contributed by atoms with van der Waals surface area (Å²) >= 11 is 0. The third-order valence-corrected chi connectivity index (χ3v) is 3.25. The first-order valence-electron chi connectivity index (χ1n) is 5.91. The molecule has 0 saturated carbocycles. The van der Waals surface area contributed by atoms with Crippen molar-refractivity contribution in [2.24, 2.45) is 12.8 Å². The zero-order valence-electron chi connectivity index (χ0n) is 10.7. The summed E-state index contributed by atoms with van der Waals surface area (Å²) in [5.74, 6) is 1.01. The van der Waals surface area contributed by atoms with E-state index in [0.717, 1.165) is 12.2 Å². The van der Waals surface area contributed by atoms with E-state index in [1.54, 1.807) is 0 Å². The van der Waals surface area contributed by atoms with E-state index < -0.39 is 0 Å². The van der Waals surface area contributed by atoms with Crippen LogP contribution in [0.3, 0.4) is 0 Å². The van der Waals surface area contributed by atoms with Crippen molar-refractivity contribution in [1.29, 1.82) is 0 Å². The zero-order chi connectivity index (χ0) is 12.4. The SMILES string of the molecule is Cc1ccc(-c2ncc(CCN)n2C)cc1C. The Kier molecular flexibility index (Phi) is 3.29. The molecule has 1 heterocycles. The number of hydrogen-bond acceptors (Lipinski definition) is 2. The maximum absolute atomic E-state index is 5.58. The van der Waals surface area contributed by atoms with Gasteiger partial charge in [0.1, 0.15) is 5.82 Å². The monoisotopic (exact) mass is 229 g/mol. The van der Waals surface area contributed by atoms with E-state index in [9.17, 15) is 0 Å². The standard InChI is InChI=1S/C14H19N3/c1-10-4-5-12(8-11(10)2)14-16-9-13(6-7-15)17(14)3/h4-5,8-9H,6-7,15H2,1-3H3. The molecule has 0 unspecified atom stereocenters. The molecule has 2 N–H and O–H groups in total. The molecule has 0 fully saturated rings. The van der Waals surface area contributed by atoms with Crippen molar-refractivity contribution in [3.8, 4) is 11.4 Å². The molecule has 17 heavy (non-hydrogen) atoms. The molecule has 1 aromatic heterocycles. The quantitative estimate of drug-likeness (QED) is 0.877. The van der Waals surface area contributed by atoms with Gasteiger partial charge in [-0.3, -0.25) is 0 Å². The van der Waals surface area contributed by atoms with Gasteiger partial charge in [0.2, 0.25) is 0 Å². The molecule has 90 valence electrons. The van der Waals surface area contributed by atoms with Gasteiger partial charge in [0.05, 0.1) is 0 Å². The number of hydrogen-bond donors (Lipinski definition) is 1. The fourth-order valence-electron chi connectivity index (χ4n) is 1.97. The number of nitrogens with two attached hydrogens (primary N) is 1. The summed E-state index contributed by atoms with van der Waals surface area (Å²) in [6, 6.07) is 6.45. The molecule has 0 amide bonds. The van der Waals surface area contributed by atoms with Crippen LogP contribution in [0.4, 0.5) is 0 Å². The lowest BCUT2D eigenvalue weighted by molar-refractivity contribution is 0.811. The topological polar surface area (TPSA) is 43.8 Å². The molecular formula is C14H19N3. The molecule has 1 aromatic carbocycles. The lowest BCUT2D eigenvalue weighted by Crippen LogP contribution is -2.07. The summed E-state index contributed by atoms with van der Waals surface area (Å²) in [7, 11) is 2.04. The molecule has 2 rings (SSSR count). The van der Waals surface area contributed by atoms with Crippen LogP contribution in [0.15, 0.2) is 24.4 Å². The Balaban J connectivity index is 2.42. The molecule has 0 saturated heterocycles. The molecular weight excluding hydrogens is 210 g/mol. The minimum atomic E-state index is 0.659. The summed E-state index contributed by atoms with van der Waals surface area (Å²) in [5, 5.41) is 0. The highest BCUT2D eigenvalue weighted by molar-refractivity contribution is 5.58. The van der Waals surface area contributed by atoms with Crippen molar-refractivity contribution in [2.45, 2.75) is 20.3 Å². The molecule has 3 nitrogen and oxygen atoms in total. The van der Waals surface area contributed by atoms with E-state index in [2.05, 4.69) is 41.6 Å². The molecule has 0 bridgehead atoms. The molecule has 3 heteroatoms. The highest BCUT2D eigenvalue weighted by Gasteiger charge is 2.08. The van der Waals surface area contributed by atoms with E-state index in [1.807, 2.05) is 13.2 Å². The maximum atomic E-state index is 5.58. The molecule has 0 radical (unpaired) electrons. The fraction of sp³-hybridized carbons (Fsp3) is 0.357. The van der Waals surface area contributed by atoms with Gasteiger partial charge in [-0.25, -0.2) is 4.98 Å². The molecule has 0 spiro atoms. The summed E-state index contributed by atoms with van der Waals surface area (Å²) < 4.78 is 2.12. The highest BCUT2D eigenvalue weighted by atomic mass is 15.1. The van der Waals surface area contributed by atoms with E-state index >= 15 is 0 Å². The predicted octanol–water partition coefficient (Wildman–Crippen LogP) is 2.21. The summed E-state index contributed by atoms with van der Waals surface area (Å²) in [6.45, 7) is 4.91. The first-order valence-corrected chi connectivity index (χ1v) is 5.91. The molecule has 0 aliphatic rings. The average Bonchev–Trinajstić information content (AvgIpc) is 2.66. The summed E-state index contributed by atoms with van der Waals surface area (Å²) in [6.07, 6.45) is 2.78. The van der Waals surface area contributed by atoms with Crippen LogP contribution < -0.4 is 5.73 Å². The van der Waals surface area contributed by atoms with Gasteiger partial charge in [-0.05, 0) is 37.6 Å². The summed E-state index contributed by atoms with van der Waals surface area (Å²) in [4.78, 5) is 4.48. The Morgan fingerprint density at radius 1 is 1.24 bits per heavy atom. The van der Waals surface area contributed by atoms with E-state index in [-0.39, 0.29) is 0 Å². The second-order valence-electron chi connectivity index (χ2n) is 4.47. The number of rotatable bonds is 3. The third kappa shape index (κ3) is 2.24. The Hall–Kier alpha value is -1.61. The van der Waals surface area contributed by atoms with Crippen LogP contribution >= 0.6 is 0 Å². The number of aromatic nitrogens is 2. The largest absolute Gasteiger partial charge is 0.331 e. The van der Waals surface area contributed by atoms with Crippen molar-refractivity contribution >= 4 is 0 Å². The van der Waals surface area contributed by atoms with Gasteiger partial charge < -0.3 is 10.3 Å². The maximum Gasteiger partial charge on any atom is 0.139 e. The lowest BCUT2D eigenvalue weighted by atomic mass is 10.1. The fourth-order valence-corrected chi connectivity index (χ4v) is 1.97. The second-order valence-corrected chi connectivity index (χ2v) is 4.47. The van der Waals surface area contributed by atoms with Crippen LogP contribution in [-0.2, 0) is 13.5 Å². The van der Waals surface area contributed by atoms with Crippen LogP contribution in [0.25, 0.3) is 11.4 Å². The van der Waals surface area contributed by atoms with Gasteiger partial charge >= 0.3 is 0 Å². The predicted molar refractivity (Wildman–Crippen MR) is 70.9 cm³/mol. The number of imidazole rings is 1. The third-order valence-electron chi connectivity index (χ3n) is 3.25. The van der Waals surface area contributed by atoms with E-state index in [0.29, 0.717) is 6.54 Å². The minimum absolute atomic E-state index is 0.659. The first-order chi connectivity index (χ1) is 8.13. The molecule has 0 atom stereocenters. The number of benzene rings is 1. The van der Waals surface area contributed by atoms with Crippen molar-refractivity contribution in [2.75, 3.05) is 6.54 Å². The van der Waals surface area contributed by atoms with Crippen molar-refractivity contribution < 1.29 is 0 Å². The van der Waals surface area contributed by atoms with Gasteiger partial charge in [-0.2, -0.15) is 0 Å². The van der Waals surface area contributed by atoms with Crippen molar-refractivity contribution in [3.05, 3.63) is 41.2 Å². The van der Waals surface area contributed by atoms with E-state index in [4.69, 9.17) is 5.73 Å². The normalized spacial score (nSPS) is 10.8. The number of nitrogens with zero attached hydrogens (tertiary/aromatic N) is 2. The van der Waals surface area contributed by atoms with Gasteiger partial charge in [0.15, 0.2) is 0 Å². The lowest BCUT2D eigenvalue weighted by Gasteiger charge is -2.07. The van der Waals surface area contributed by atoms with Gasteiger partial charge in [-0.15, -0.1) is 0 Å². The molecule has 2 aromatic rings. The first kappa shape index (κ1) is 11.9. The van der Waals surface area contributed by atoms with Crippen LogP contribution in [0.5, 0.6) is 0 Å². The van der Waals surface area contributed by atoms with Gasteiger partial charge in [-0.1, -0.05) is 12.1 Å². The second kappa shape index (κ2) is 4.72. The summed E-state index contributed by atoms with van der Waals surface area (Å²) in [5.41, 5.74) is 10.5. The van der Waals surface area contributed by atoms with Gasteiger partial charge in [0, 0.05) is 30.9 Å². The Morgan fingerprint density at radius 2 is 2.00 bits per heavy atom.